The van der Waals surface area contributed by atoms with Crippen LogP contribution in [0.1, 0.15) is 35.8 Å². The molecule has 0 spiro atoms. The molecule has 0 radical (unpaired) electrons. The van der Waals surface area contributed by atoms with Gasteiger partial charge in [-0.15, -0.1) is 0 Å². The highest BCUT2D eigenvalue weighted by Crippen LogP contribution is 2.44. The first-order valence-electron chi connectivity index (χ1n) is 8.99. The molecule has 26 heavy (non-hydrogen) atoms. The summed E-state index contributed by atoms with van der Waals surface area (Å²) >= 11 is 0. The Balaban J connectivity index is 1.69. The SMILES string of the molecule is C/C=C(\B1OC(c2ccccc2)C(c2ccccc2)O1)c1ccccc1. The second kappa shape index (κ2) is 7.73. The summed E-state index contributed by atoms with van der Waals surface area (Å²) in [5, 5.41) is 0. The minimum Gasteiger partial charge on any atom is -0.397 e. The van der Waals surface area contributed by atoms with Crippen LogP contribution < -0.4 is 0 Å². The van der Waals surface area contributed by atoms with Crippen LogP contribution in [0.15, 0.2) is 97.1 Å². The fraction of sp³-hybridized carbons (Fsp3) is 0.130. The highest BCUT2D eigenvalue weighted by Gasteiger charge is 2.43. The van der Waals surface area contributed by atoms with Crippen molar-refractivity contribution in [2.75, 3.05) is 0 Å². The van der Waals surface area contributed by atoms with Crippen molar-refractivity contribution < 1.29 is 9.31 Å². The van der Waals surface area contributed by atoms with Crippen LogP contribution in [0.2, 0.25) is 0 Å². The van der Waals surface area contributed by atoms with Gasteiger partial charge in [0.05, 0.1) is 12.2 Å². The zero-order valence-electron chi connectivity index (χ0n) is 14.8. The van der Waals surface area contributed by atoms with E-state index in [2.05, 4.69) is 42.5 Å². The largest absolute Gasteiger partial charge is 0.495 e. The van der Waals surface area contributed by atoms with Gasteiger partial charge in [-0.05, 0) is 29.1 Å². The topological polar surface area (TPSA) is 18.5 Å². The summed E-state index contributed by atoms with van der Waals surface area (Å²) in [5.74, 6) is 0. The number of hydrogen-bond donors (Lipinski definition) is 0. The van der Waals surface area contributed by atoms with Gasteiger partial charge in [0.2, 0.25) is 0 Å². The second-order valence-corrected chi connectivity index (χ2v) is 6.38. The Morgan fingerprint density at radius 2 is 1.12 bits per heavy atom. The Labute approximate surface area is 155 Å². The molecule has 3 aromatic rings. The van der Waals surface area contributed by atoms with Crippen LogP contribution in [0.25, 0.3) is 5.47 Å². The molecule has 0 aliphatic carbocycles. The first-order chi connectivity index (χ1) is 12.9. The summed E-state index contributed by atoms with van der Waals surface area (Å²) in [6.45, 7) is 2.03. The van der Waals surface area contributed by atoms with Crippen LogP contribution in [-0.4, -0.2) is 7.12 Å². The first-order valence-corrected chi connectivity index (χ1v) is 8.99. The third-order valence-electron chi connectivity index (χ3n) is 4.74. The quantitative estimate of drug-likeness (QED) is 0.572. The van der Waals surface area contributed by atoms with Gasteiger partial charge in [0.1, 0.15) is 0 Å². The fourth-order valence-corrected chi connectivity index (χ4v) is 3.45. The average Bonchev–Trinajstić information content (AvgIpc) is 3.16. The fourth-order valence-electron chi connectivity index (χ4n) is 3.45. The summed E-state index contributed by atoms with van der Waals surface area (Å²) in [7, 11) is -0.391. The lowest BCUT2D eigenvalue weighted by Gasteiger charge is -2.19. The molecule has 1 fully saturated rings. The van der Waals surface area contributed by atoms with Crippen LogP contribution in [-0.2, 0) is 9.31 Å². The molecular weight excluding hydrogens is 319 g/mol. The van der Waals surface area contributed by atoms with E-state index < -0.39 is 7.12 Å². The van der Waals surface area contributed by atoms with E-state index in [0.29, 0.717) is 0 Å². The van der Waals surface area contributed by atoms with Crippen molar-refractivity contribution in [2.45, 2.75) is 19.1 Å². The molecule has 0 N–H and O–H groups in total. The molecule has 0 bridgehead atoms. The van der Waals surface area contributed by atoms with Gasteiger partial charge in [-0.1, -0.05) is 97.1 Å². The number of hydrogen-bond acceptors (Lipinski definition) is 2. The number of allylic oxidation sites excluding steroid dienone is 1. The Kier molecular flexibility index (Phi) is 5.01. The van der Waals surface area contributed by atoms with Gasteiger partial charge in [0.15, 0.2) is 0 Å². The molecule has 0 aromatic heterocycles. The van der Waals surface area contributed by atoms with E-state index in [1.54, 1.807) is 0 Å². The first kappa shape index (κ1) is 16.8. The summed E-state index contributed by atoms with van der Waals surface area (Å²) in [6.07, 6.45) is 1.81. The smallest absolute Gasteiger partial charge is 0.397 e. The molecule has 1 saturated heterocycles. The van der Waals surface area contributed by atoms with E-state index in [1.165, 1.54) is 0 Å². The van der Waals surface area contributed by atoms with Crippen LogP contribution in [0.4, 0.5) is 0 Å². The molecule has 128 valence electrons. The van der Waals surface area contributed by atoms with Crippen molar-refractivity contribution in [1.29, 1.82) is 0 Å². The minimum atomic E-state index is -0.391. The van der Waals surface area contributed by atoms with Crippen molar-refractivity contribution in [2.24, 2.45) is 0 Å². The summed E-state index contributed by atoms with van der Waals surface area (Å²) < 4.78 is 12.9. The Bertz CT molecular complexity index is 815. The third-order valence-corrected chi connectivity index (χ3v) is 4.74. The maximum Gasteiger partial charge on any atom is 0.495 e. The van der Waals surface area contributed by atoms with Gasteiger partial charge in [0, 0.05) is 0 Å². The predicted octanol–water partition coefficient (Wildman–Crippen LogP) is 5.65. The number of rotatable bonds is 4. The molecule has 3 aromatic carbocycles. The van der Waals surface area contributed by atoms with Crippen LogP contribution in [0.3, 0.4) is 0 Å². The van der Waals surface area contributed by atoms with Gasteiger partial charge in [-0.25, -0.2) is 0 Å². The highest BCUT2D eigenvalue weighted by atomic mass is 16.7. The Morgan fingerprint density at radius 1 is 0.692 bits per heavy atom. The summed E-state index contributed by atoms with van der Waals surface area (Å²) in [4.78, 5) is 0. The van der Waals surface area contributed by atoms with Crippen molar-refractivity contribution in [1.82, 2.24) is 0 Å². The number of benzene rings is 3. The van der Waals surface area contributed by atoms with Crippen molar-refractivity contribution >= 4 is 12.6 Å². The van der Waals surface area contributed by atoms with Crippen molar-refractivity contribution in [3.05, 3.63) is 114 Å². The summed E-state index contributed by atoms with van der Waals surface area (Å²) in [6, 6.07) is 30.9. The molecule has 1 aliphatic rings. The van der Waals surface area contributed by atoms with Crippen molar-refractivity contribution in [3.8, 4) is 0 Å². The highest BCUT2D eigenvalue weighted by molar-refractivity contribution is 6.68. The zero-order chi connectivity index (χ0) is 17.8. The lowest BCUT2D eigenvalue weighted by atomic mass is 9.74. The maximum absolute atomic E-state index is 6.43. The van der Waals surface area contributed by atoms with E-state index >= 15 is 0 Å². The average molecular weight is 340 g/mol. The molecule has 1 aliphatic heterocycles. The van der Waals surface area contributed by atoms with Gasteiger partial charge in [-0.3, -0.25) is 0 Å². The molecule has 0 saturated carbocycles. The van der Waals surface area contributed by atoms with Gasteiger partial charge in [-0.2, -0.15) is 0 Å². The standard InChI is InChI=1S/C23H21BO2/c1-2-21(18-12-6-3-7-13-18)24-25-22(19-14-8-4-9-15-19)23(26-24)20-16-10-5-11-17-20/h2-17,22-23H,1H3/b21-2-. The lowest BCUT2D eigenvalue weighted by Crippen LogP contribution is -2.17. The molecule has 2 nitrogen and oxygen atoms in total. The summed E-state index contributed by atoms with van der Waals surface area (Å²) in [5.41, 5.74) is 4.45. The van der Waals surface area contributed by atoms with Crippen LogP contribution in [0.5, 0.6) is 0 Å². The third kappa shape index (κ3) is 3.37. The molecule has 1 heterocycles. The zero-order valence-corrected chi connectivity index (χ0v) is 14.8. The Morgan fingerprint density at radius 3 is 1.54 bits per heavy atom. The van der Waals surface area contributed by atoms with Gasteiger partial charge < -0.3 is 9.31 Å². The molecule has 3 heteroatoms. The normalized spacial score (nSPS) is 20.3. The van der Waals surface area contributed by atoms with Crippen molar-refractivity contribution in [3.63, 3.8) is 0 Å². The maximum atomic E-state index is 6.43. The predicted molar refractivity (Wildman–Crippen MR) is 106 cm³/mol. The Hall–Kier alpha value is -2.62. The van der Waals surface area contributed by atoms with E-state index in [9.17, 15) is 0 Å². The monoisotopic (exact) mass is 340 g/mol. The van der Waals surface area contributed by atoms with Crippen LogP contribution >= 0.6 is 0 Å². The lowest BCUT2D eigenvalue weighted by molar-refractivity contribution is 0.159. The van der Waals surface area contributed by atoms with Crippen LogP contribution in [0, 0.1) is 0 Å². The van der Waals surface area contributed by atoms with E-state index in [-0.39, 0.29) is 12.2 Å². The van der Waals surface area contributed by atoms with E-state index in [4.69, 9.17) is 9.31 Å². The van der Waals surface area contributed by atoms with E-state index in [1.807, 2.05) is 61.5 Å². The van der Waals surface area contributed by atoms with E-state index in [0.717, 1.165) is 22.2 Å². The van der Waals surface area contributed by atoms with Gasteiger partial charge in [0.25, 0.3) is 0 Å². The minimum absolute atomic E-state index is 0.137. The molecule has 2 unspecified atom stereocenters. The molecule has 2 atom stereocenters. The molecule has 0 amide bonds. The molecular formula is C23H21BO2. The molecule has 4 rings (SSSR count). The second-order valence-electron chi connectivity index (χ2n) is 6.38. The van der Waals surface area contributed by atoms with Gasteiger partial charge >= 0.3 is 7.12 Å².